The lowest BCUT2D eigenvalue weighted by molar-refractivity contribution is -0.148. The second-order valence-corrected chi connectivity index (χ2v) is 4.59. The highest BCUT2D eigenvalue weighted by atomic mass is 16.6. The Hall–Kier alpha value is -1.44. The molecule has 122 valence electrons. The van der Waals surface area contributed by atoms with E-state index in [-0.39, 0.29) is 31.8 Å². The average Bonchev–Trinajstić information content (AvgIpc) is 2.42. The number of aliphatic hydroxyl groups is 2. The van der Waals surface area contributed by atoms with Crippen molar-refractivity contribution < 1.29 is 34.0 Å². The van der Waals surface area contributed by atoms with Crippen LogP contribution in [-0.2, 0) is 23.8 Å². The van der Waals surface area contributed by atoms with Gasteiger partial charge in [0.25, 0.3) is 0 Å². The van der Waals surface area contributed by atoms with Gasteiger partial charge in [0.1, 0.15) is 19.3 Å². The van der Waals surface area contributed by atoms with Crippen molar-refractivity contribution in [3.63, 3.8) is 0 Å². The zero-order valence-corrected chi connectivity index (χ0v) is 12.5. The molecule has 2 unspecified atom stereocenters. The highest BCUT2D eigenvalue weighted by molar-refractivity contribution is 5.87. The van der Waals surface area contributed by atoms with E-state index in [1.807, 2.05) is 6.92 Å². The van der Waals surface area contributed by atoms with Crippen LogP contribution in [0.4, 0.5) is 0 Å². The Balaban J connectivity index is 3.88. The SMILES string of the molecule is C=C(CC(O)COCCC)C(=O)OCC(O)COC(C)=O. The summed E-state index contributed by atoms with van der Waals surface area (Å²) in [7, 11) is 0. The molecule has 0 aromatic heterocycles. The molecule has 0 aliphatic carbocycles. The number of carbonyl (C=O) groups is 2. The van der Waals surface area contributed by atoms with Crippen LogP contribution in [-0.4, -0.2) is 60.8 Å². The third-order valence-corrected chi connectivity index (χ3v) is 2.32. The number of ether oxygens (including phenoxy) is 3. The van der Waals surface area contributed by atoms with Crippen LogP contribution < -0.4 is 0 Å². The molecule has 0 saturated heterocycles. The first kappa shape index (κ1) is 19.6. The van der Waals surface area contributed by atoms with E-state index in [1.54, 1.807) is 0 Å². The van der Waals surface area contributed by atoms with Crippen molar-refractivity contribution in [1.82, 2.24) is 0 Å². The Morgan fingerprint density at radius 3 is 2.29 bits per heavy atom. The zero-order chi connectivity index (χ0) is 16.3. The third kappa shape index (κ3) is 10.9. The van der Waals surface area contributed by atoms with Gasteiger partial charge in [-0.05, 0) is 6.42 Å². The van der Waals surface area contributed by atoms with Crippen molar-refractivity contribution in [2.24, 2.45) is 0 Å². The fourth-order valence-corrected chi connectivity index (χ4v) is 1.33. The molecule has 0 bridgehead atoms. The van der Waals surface area contributed by atoms with Gasteiger partial charge in [-0.25, -0.2) is 4.79 Å². The van der Waals surface area contributed by atoms with E-state index in [2.05, 4.69) is 11.3 Å². The van der Waals surface area contributed by atoms with Gasteiger partial charge >= 0.3 is 11.9 Å². The first-order chi connectivity index (χ1) is 9.86. The highest BCUT2D eigenvalue weighted by Crippen LogP contribution is 2.07. The van der Waals surface area contributed by atoms with Crippen LogP contribution in [0.15, 0.2) is 12.2 Å². The van der Waals surface area contributed by atoms with E-state index in [9.17, 15) is 19.8 Å². The molecular formula is C14H24O7. The Kier molecular flexibility index (Phi) is 10.5. The Labute approximate surface area is 124 Å². The molecule has 0 amide bonds. The summed E-state index contributed by atoms with van der Waals surface area (Å²) in [5.41, 5.74) is 0.0854. The van der Waals surface area contributed by atoms with Gasteiger partial charge in [-0.2, -0.15) is 0 Å². The summed E-state index contributed by atoms with van der Waals surface area (Å²) in [5, 5.41) is 19.0. The normalized spacial score (nSPS) is 13.3. The number of rotatable bonds is 11. The van der Waals surface area contributed by atoms with Crippen LogP contribution in [0.5, 0.6) is 0 Å². The number of hydrogen-bond acceptors (Lipinski definition) is 7. The molecule has 0 aromatic rings. The van der Waals surface area contributed by atoms with Crippen LogP contribution in [0.1, 0.15) is 26.7 Å². The monoisotopic (exact) mass is 304 g/mol. The number of carbonyl (C=O) groups excluding carboxylic acids is 2. The van der Waals surface area contributed by atoms with Gasteiger partial charge in [-0.15, -0.1) is 0 Å². The Bertz CT molecular complexity index is 340. The van der Waals surface area contributed by atoms with Gasteiger partial charge < -0.3 is 24.4 Å². The van der Waals surface area contributed by atoms with Crippen LogP contribution in [0.3, 0.4) is 0 Å². The molecular weight excluding hydrogens is 280 g/mol. The lowest BCUT2D eigenvalue weighted by Gasteiger charge is -2.14. The minimum atomic E-state index is -1.09. The zero-order valence-electron chi connectivity index (χ0n) is 12.5. The van der Waals surface area contributed by atoms with Crippen LogP contribution in [0.2, 0.25) is 0 Å². The fourth-order valence-electron chi connectivity index (χ4n) is 1.33. The summed E-state index contributed by atoms with van der Waals surface area (Å²) in [6.07, 6.45) is -1.05. The molecule has 0 fully saturated rings. The number of hydrogen-bond donors (Lipinski definition) is 2. The van der Waals surface area contributed by atoms with Crippen molar-refractivity contribution in [2.75, 3.05) is 26.4 Å². The van der Waals surface area contributed by atoms with E-state index < -0.39 is 24.1 Å². The van der Waals surface area contributed by atoms with Gasteiger partial charge in [0.15, 0.2) is 0 Å². The van der Waals surface area contributed by atoms with Crippen LogP contribution in [0.25, 0.3) is 0 Å². The quantitative estimate of drug-likeness (QED) is 0.319. The summed E-state index contributed by atoms with van der Waals surface area (Å²) in [5.74, 6) is -1.24. The topological polar surface area (TPSA) is 102 Å². The molecule has 2 N–H and O–H groups in total. The largest absolute Gasteiger partial charge is 0.463 e. The molecule has 2 atom stereocenters. The van der Waals surface area contributed by atoms with Crippen LogP contribution in [0, 0.1) is 0 Å². The molecule has 7 nitrogen and oxygen atoms in total. The van der Waals surface area contributed by atoms with E-state index >= 15 is 0 Å². The Morgan fingerprint density at radius 1 is 1.10 bits per heavy atom. The summed E-state index contributed by atoms with van der Waals surface area (Å²) in [6, 6.07) is 0. The molecule has 0 aromatic carbocycles. The predicted molar refractivity (Wildman–Crippen MR) is 74.5 cm³/mol. The van der Waals surface area contributed by atoms with Gasteiger partial charge in [-0.1, -0.05) is 13.5 Å². The van der Waals surface area contributed by atoms with Crippen molar-refractivity contribution in [1.29, 1.82) is 0 Å². The van der Waals surface area contributed by atoms with E-state index in [1.165, 1.54) is 6.92 Å². The minimum absolute atomic E-state index is 0.0303. The average molecular weight is 304 g/mol. The predicted octanol–water partition coefficient (Wildman–Crippen LogP) is 0.187. The molecule has 21 heavy (non-hydrogen) atoms. The van der Waals surface area contributed by atoms with E-state index in [4.69, 9.17) is 9.47 Å². The maximum atomic E-state index is 11.6. The standard InChI is InChI=1S/C14H24O7/c1-4-5-19-7-12(16)6-10(2)14(18)21-9-13(17)8-20-11(3)15/h12-13,16-17H,2,4-9H2,1,3H3. The lowest BCUT2D eigenvalue weighted by Crippen LogP contribution is -2.26. The first-order valence-electron chi connectivity index (χ1n) is 6.78. The maximum absolute atomic E-state index is 11.6. The lowest BCUT2D eigenvalue weighted by atomic mass is 10.1. The van der Waals surface area contributed by atoms with Crippen molar-refractivity contribution in [2.45, 2.75) is 38.9 Å². The van der Waals surface area contributed by atoms with E-state index in [0.717, 1.165) is 6.42 Å². The van der Waals surface area contributed by atoms with Crippen molar-refractivity contribution in [3.8, 4) is 0 Å². The van der Waals surface area contributed by atoms with Gasteiger partial charge in [0.05, 0.1) is 12.7 Å². The molecule has 0 heterocycles. The van der Waals surface area contributed by atoms with Gasteiger partial charge in [-0.3, -0.25) is 4.79 Å². The van der Waals surface area contributed by atoms with Crippen molar-refractivity contribution >= 4 is 11.9 Å². The second-order valence-electron chi connectivity index (χ2n) is 4.59. The summed E-state index contributed by atoms with van der Waals surface area (Å²) in [4.78, 5) is 22.1. The first-order valence-corrected chi connectivity index (χ1v) is 6.78. The van der Waals surface area contributed by atoms with Gasteiger partial charge in [0.2, 0.25) is 0 Å². The molecule has 0 aliphatic rings. The highest BCUT2D eigenvalue weighted by Gasteiger charge is 2.16. The number of aliphatic hydroxyl groups excluding tert-OH is 2. The van der Waals surface area contributed by atoms with Crippen molar-refractivity contribution in [3.05, 3.63) is 12.2 Å². The van der Waals surface area contributed by atoms with Gasteiger partial charge in [0, 0.05) is 25.5 Å². The molecule has 0 rings (SSSR count). The summed E-state index contributed by atoms with van der Waals surface area (Å²) < 4.78 is 14.5. The number of esters is 2. The Morgan fingerprint density at radius 2 is 1.71 bits per heavy atom. The van der Waals surface area contributed by atoms with E-state index in [0.29, 0.717) is 6.61 Å². The minimum Gasteiger partial charge on any atom is -0.463 e. The second kappa shape index (κ2) is 11.2. The summed E-state index contributed by atoms with van der Waals surface area (Å²) in [6.45, 7) is 6.78. The molecule has 0 radical (unpaired) electrons. The maximum Gasteiger partial charge on any atom is 0.333 e. The van der Waals surface area contributed by atoms with Crippen LogP contribution >= 0.6 is 0 Å². The molecule has 0 aliphatic heterocycles. The molecule has 0 saturated carbocycles. The smallest absolute Gasteiger partial charge is 0.333 e. The molecule has 7 heteroatoms. The fraction of sp³-hybridized carbons (Fsp3) is 0.714. The third-order valence-electron chi connectivity index (χ3n) is 2.32. The summed E-state index contributed by atoms with van der Waals surface area (Å²) >= 11 is 0. The molecule has 0 spiro atoms.